The molecule has 5 N–H and O–H groups in total. The number of nitrogens with two attached hydrogens (primary N) is 1. The number of rotatable bonds is 8. The van der Waals surface area contributed by atoms with Gasteiger partial charge < -0.3 is 16.0 Å². The number of anilines is 2. The zero-order valence-corrected chi connectivity index (χ0v) is 16.6. The maximum atomic E-state index is 12.2. The Kier molecular flexibility index (Phi) is 6.29. The van der Waals surface area contributed by atoms with Crippen molar-refractivity contribution in [3.05, 3.63) is 59.9 Å². The fourth-order valence-corrected chi connectivity index (χ4v) is 3.29. The third-order valence-electron chi connectivity index (χ3n) is 4.05. The average Bonchev–Trinajstić information content (AvgIpc) is 3.14. The first-order chi connectivity index (χ1) is 14.3. The molecule has 3 rings (SSSR count). The molecule has 10 nitrogen and oxygen atoms in total. The molecule has 11 heteroatoms. The summed E-state index contributed by atoms with van der Waals surface area (Å²) in [6, 6.07) is 12.2. The van der Waals surface area contributed by atoms with Crippen LogP contribution in [0.15, 0.2) is 48.8 Å². The van der Waals surface area contributed by atoms with E-state index in [0.29, 0.717) is 18.1 Å². The second-order valence-electron chi connectivity index (χ2n) is 6.40. The summed E-state index contributed by atoms with van der Waals surface area (Å²) in [5.41, 5.74) is 8.89. The number of aromatic nitrogens is 3. The van der Waals surface area contributed by atoms with Gasteiger partial charge in [0.1, 0.15) is 5.82 Å². The van der Waals surface area contributed by atoms with E-state index in [-0.39, 0.29) is 18.1 Å². The number of nitrogens with zero attached hydrogens (tertiary/aromatic N) is 3. The maximum absolute atomic E-state index is 12.2. The number of sulfonamides is 1. The molecule has 0 aliphatic carbocycles. The number of hydrogen-bond donors (Lipinski definition) is 4. The zero-order chi connectivity index (χ0) is 21.6. The molecular weight excluding hydrogens is 406 g/mol. The average molecular weight is 425 g/mol. The van der Waals surface area contributed by atoms with E-state index in [2.05, 4.69) is 25.0 Å². The number of nitrogens with one attached hydrogen (secondary N) is 3. The number of imidazole rings is 1. The van der Waals surface area contributed by atoms with Gasteiger partial charge in [-0.25, -0.2) is 18.4 Å². The van der Waals surface area contributed by atoms with Gasteiger partial charge in [-0.3, -0.25) is 9.52 Å². The van der Waals surface area contributed by atoms with E-state index in [9.17, 15) is 13.2 Å². The van der Waals surface area contributed by atoms with Gasteiger partial charge >= 0.3 is 0 Å². The van der Waals surface area contributed by atoms with Crippen molar-refractivity contribution in [2.45, 2.75) is 13.0 Å². The topological polar surface area (TPSA) is 167 Å². The molecule has 3 aromatic rings. The molecule has 0 unspecified atom stereocenters. The van der Waals surface area contributed by atoms with Gasteiger partial charge in [0.2, 0.25) is 15.9 Å². The smallest absolute Gasteiger partial charge is 0.247 e. The molecular formula is C19H19N7O3S. The van der Waals surface area contributed by atoms with Gasteiger partial charge in [-0.05, 0) is 22.8 Å². The van der Waals surface area contributed by atoms with Gasteiger partial charge in [-0.15, -0.1) is 0 Å². The number of amides is 1. The second-order valence-corrected chi connectivity index (χ2v) is 8.13. The van der Waals surface area contributed by atoms with Crippen molar-refractivity contribution in [2.24, 2.45) is 0 Å². The van der Waals surface area contributed by atoms with E-state index in [0.717, 1.165) is 16.8 Å². The molecule has 154 valence electrons. The maximum Gasteiger partial charge on any atom is 0.247 e. The Balaban J connectivity index is 1.50. The van der Waals surface area contributed by atoms with Crippen LogP contribution in [0.25, 0.3) is 11.3 Å². The number of nitrogen functional groups attached to an aromatic ring is 1. The molecule has 0 radical (unpaired) electrons. The van der Waals surface area contributed by atoms with Crippen molar-refractivity contribution in [1.29, 1.82) is 5.26 Å². The molecule has 1 amide bonds. The first-order valence-corrected chi connectivity index (χ1v) is 10.5. The SMILES string of the molecule is N#CCS(=O)(=O)Nc1ccc(CC(=O)NCc2ccc(-c3cnc(N)[nH]3)cc2)cn1. The van der Waals surface area contributed by atoms with Crippen LogP contribution in [0, 0.1) is 11.3 Å². The normalized spacial score (nSPS) is 10.9. The lowest BCUT2D eigenvalue weighted by Crippen LogP contribution is -2.24. The van der Waals surface area contributed by atoms with Crippen LogP contribution >= 0.6 is 0 Å². The lowest BCUT2D eigenvalue weighted by molar-refractivity contribution is -0.120. The second kappa shape index (κ2) is 9.06. The summed E-state index contributed by atoms with van der Waals surface area (Å²) in [4.78, 5) is 23.0. The van der Waals surface area contributed by atoms with Crippen molar-refractivity contribution < 1.29 is 13.2 Å². The largest absolute Gasteiger partial charge is 0.369 e. The lowest BCUT2D eigenvalue weighted by atomic mass is 10.1. The minimum Gasteiger partial charge on any atom is -0.369 e. The molecule has 0 fully saturated rings. The molecule has 30 heavy (non-hydrogen) atoms. The minimum absolute atomic E-state index is 0.0912. The zero-order valence-electron chi connectivity index (χ0n) is 15.8. The van der Waals surface area contributed by atoms with Crippen LogP contribution in [0.4, 0.5) is 11.8 Å². The van der Waals surface area contributed by atoms with Gasteiger partial charge in [-0.1, -0.05) is 30.3 Å². The Bertz CT molecular complexity index is 1160. The minimum atomic E-state index is -3.74. The van der Waals surface area contributed by atoms with E-state index >= 15 is 0 Å². The molecule has 2 aromatic heterocycles. The van der Waals surface area contributed by atoms with E-state index in [1.54, 1.807) is 18.3 Å². The molecule has 0 saturated carbocycles. The van der Waals surface area contributed by atoms with Crippen LogP contribution < -0.4 is 15.8 Å². The number of carbonyl (C=O) groups is 1. The number of pyridine rings is 1. The first kappa shape index (κ1) is 20.8. The van der Waals surface area contributed by atoms with Crippen LogP contribution in [-0.4, -0.2) is 35.0 Å². The molecule has 0 aliphatic rings. The van der Waals surface area contributed by atoms with Crippen LogP contribution in [-0.2, 0) is 27.8 Å². The van der Waals surface area contributed by atoms with Crippen LogP contribution in [0.2, 0.25) is 0 Å². The standard InChI is InChI=1S/C19H19N7O3S/c20-7-8-30(28,29)26-17-6-3-14(11-22-17)9-18(27)23-10-13-1-4-15(5-2-13)16-12-24-19(21)25-16/h1-6,11-12H,8-10H2,(H,22,26)(H,23,27)(H3,21,24,25). The summed E-state index contributed by atoms with van der Waals surface area (Å²) >= 11 is 0. The van der Waals surface area contributed by atoms with E-state index < -0.39 is 15.8 Å². The predicted molar refractivity (Wildman–Crippen MR) is 111 cm³/mol. The monoisotopic (exact) mass is 425 g/mol. The Labute approximate surface area is 173 Å². The molecule has 0 bridgehead atoms. The molecule has 0 aliphatic heterocycles. The predicted octanol–water partition coefficient (Wildman–Crippen LogP) is 1.18. The first-order valence-electron chi connectivity index (χ1n) is 8.83. The lowest BCUT2D eigenvalue weighted by Gasteiger charge is -2.07. The van der Waals surface area contributed by atoms with Gasteiger partial charge in [-0.2, -0.15) is 5.26 Å². The van der Waals surface area contributed by atoms with Crippen molar-refractivity contribution in [2.75, 3.05) is 16.2 Å². The number of benzene rings is 1. The summed E-state index contributed by atoms with van der Waals surface area (Å²) in [5.74, 6) is -0.410. The summed E-state index contributed by atoms with van der Waals surface area (Å²) in [6.45, 7) is 0.365. The number of hydrogen-bond acceptors (Lipinski definition) is 7. The van der Waals surface area contributed by atoms with Gasteiger partial charge in [0.15, 0.2) is 11.7 Å². The number of nitriles is 1. The highest BCUT2D eigenvalue weighted by molar-refractivity contribution is 7.92. The Morgan fingerprint density at radius 2 is 1.83 bits per heavy atom. The number of H-pyrrole nitrogens is 1. The van der Waals surface area contributed by atoms with Crippen molar-refractivity contribution in [1.82, 2.24) is 20.3 Å². The molecule has 0 spiro atoms. The quantitative estimate of drug-likeness (QED) is 0.420. The highest BCUT2D eigenvalue weighted by Crippen LogP contribution is 2.18. The molecule has 1 aromatic carbocycles. The molecule has 2 heterocycles. The molecule has 0 atom stereocenters. The summed E-state index contributed by atoms with van der Waals surface area (Å²) in [6.07, 6.45) is 3.17. The van der Waals surface area contributed by atoms with Crippen LogP contribution in [0.1, 0.15) is 11.1 Å². The Morgan fingerprint density at radius 3 is 2.43 bits per heavy atom. The van der Waals surface area contributed by atoms with Crippen molar-refractivity contribution in [3.8, 4) is 17.3 Å². The summed E-state index contributed by atoms with van der Waals surface area (Å²) in [5, 5.41) is 11.3. The van der Waals surface area contributed by atoms with Crippen molar-refractivity contribution >= 4 is 27.7 Å². The fourth-order valence-electron chi connectivity index (χ4n) is 2.60. The Hall–Kier alpha value is -3.91. The van der Waals surface area contributed by atoms with Gasteiger partial charge in [0, 0.05) is 12.7 Å². The fraction of sp³-hybridized carbons (Fsp3) is 0.158. The Morgan fingerprint density at radius 1 is 1.10 bits per heavy atom. The van der Waals surface area contributed by atoms with E-state index in [1.807, 2.05) is 24.3 Å². The van der Waals surface area contributed by atoms with Gasteiger partial charge in [0.25, 0.3) is 0 Å². The number of aromatic amines is 1. The highest BCUT2D eigenvalue weighted by atomic mass is 32.2. The van der Waals surface area contributed by atoms with E-state index in [4.69, 9.17) is 11.0 Å². The van der Waals surface area contributed by atoms with Crippen LogP contribution in [0.5, 0.6) is 0 Å². The molecule has 0 saturated heterocycles. The third kappa shape index (κ3) is 5.79. The summed E-state index contributed by atoms with van der Waals surface area (Å²) < 4.78 is 25.3. The summed E-state index contributed by atoms with van der Waals surface area (Å²) in [7, 11) is -3.74. The highest BCUT2D eigenvalue weighted by Gasteiger charge is 2.11. The van der Waals surface area contributed by atoms with E-state index in [1.165, 1.54) is 12.3 Å². The van der Waals surface area contributed by atoms with Crippen molar-refractivity contribution in [3.63, 3.8) is 0 Å². The van der Waals surface area contributed by atoms with Gasteiger partial charge in [0.05, 0.1) is 24.4 Å². The third-order valence-corrected chi connectivity index (χ3v) is 5.08. The number of carbonyl (C=O) groups excluding carboxylic acids is 1. The van der Waals surface area contributed by atoms with Crippen LogP contribution in [0.3, 0.4) is 0 Å².